The third-order valence-corrected chi connectivity index (χ3v) is 2.26. The van der Waals surface area contributed by atoms with Crippen molar-refractivity contribution in [1.29, 1.82) is 0 Å². The van der Waals surface area contributed by atoms with Gasteiger partial charge in [0.05, 0.1) is 25.5 Å². The van der Waals surface area contributed by atoms with Crippen molar-refractivity contribution in [2.45, 2.75) is 12.1 Å². The molecule has 1 N–H and O–H groups in total. The molecule has 6 heteroatoms. The smallest absolute Gasteiger partial charge is 0.153 e. The molecule has 0 aromatic carbocycles. The van der Waals surface area contributed by atoms with Crippen LogP contribution in [0, 0.1) is 0 Å². The van der Waals surface area contributed by atoms with E-state index in [4.69, 9.17) is 10.3 Å². The molecule has 2 heterocycles. The van der Waals surface area contributed by atoms with Crippen LogP contribution in [0.15, 0.2) is 23.3 Å². The van der Waals surface area contributed by atoms with Gasteiger partial charge in [-0.15, -0.1) is 0 Å². The number of rotatable bonds is 3. The van der Waals surface area contributed by atoms with Crippen LogP contribution in [0.25, 0.3) is 10.4 Å². The highest BCUT2D eigenvalue weighted by molar-refractivity contribution is 5.19. The Kier molecular flexibility index (Phi) is 2.55. The van der Waals surface area contributed by atoms with Crippen molar-refractivity contribution in [2.75, 3.05) is 13.2 Å². The van der Waals surface area contributed by atoms with Crippen molar-refractivity contribution in [2.24, 2.45) is 5.11 Å². The SMILES string of the molecule is [N-]=[N+]=NCc1cccc(C2(O)COC2)n1. The molecule has 0 atom stereocenters. The average Bonchev–Trinajstić information content (AvgIpc) is 2.23. The van der Waals surface area contributed by atoms with Crippen molar-refractivity contribution >= 4 is 0 Å². The largest absolute Gasteiger partial charge is 0.379 e. The molecule has 1 fully saturated rings. The first-order chi connectivity index (χ1) is 7.24. The fourth-order valence-corrected chi connectivity index (χ4v) is 1.37. The van der Waals surface area contributed by atoms with E-state index in [1.165, 1.54) is 0 Å². The highest BCUT2D eigenvalue weighted by Gasteiger charge is 2.39. The molecule has 1 saturated heterocycles. The Morgan fingerprint density at radius 2 is 2.40 bits per heavy atom. The highest BCUT2D eigenvalue weighted by atomic mass is 16.5. The molecule has 2 rings (SSSR count). The van der Waals surface area contributed by atoms with Gasteiger partial charge in [0, 0.05) is 10.6 Å². The number of hydrogen-bond donors (Lipinski definition) is 1. The summed E-state index contributed by atoms with van der Waals surface area (Å²) < 4.78 is 4.94. The molecular formula is C9H10N4O2. The molecular weight excluding hydrogens is 196 g/mol. The van der Waals surface area contributed by atoms with Crippen LogP contribution >= 0.6 is 0 Å². The summed E-state index contributed by atoms with van der Waals surface area (Å²) in [5.41, 5.74) is 8.42. The molecule has 78 valence electrons. The molecule has 0 saturated carbocycles. The fraction of sp³-hybridized carbons (Fsp3) is 0.444. The minimum Gasteiger partial charge on any atom is -0.379 e. The van der Waals surface area contributed by atoms with Gasteiger partial charge >= 0.3 is 0 Å². The quantitative estimate of drug-likeness (QED) is 0.456. The number of aliphatic hydroxyl groups is 1. The first kappa shape index (κ1) is 9.92. The van der Waals surface area contributed by atoms with Gasteiger partial charge in [-0.2, -0.15) is 0 Å². The minimum absolute atomic E-state index is 0.196. The zero-order chi connectivity index (χ0) is 10.7. The monoisotopic (exact) mass is 206 g/mol. The molecule has 15 heavy (non-hydrogen) atoms. The third kappa shape index (κ3) is 1.92. The Morgan fingerprint density at radius 3 is 3.00 bits per heavy atom. The molecule has 0 aliphatic carbocycles. The Bertz CT molecular complexity index is 410. The van der Waals surface area contributed by atoms with Crippen LogP contribution in [0.1, 0.15) is 11.4 Å². The molecule has 0 spiro atoms. The highest BCUT2D eigenvalue weighted by Crippen LogP contribution is 2.27. The predicted molar refractivity (Wildman–Crippen MR) is 51.8 cm³/mol. The van der Waals surface area contributed by atoms with Crippen LogP contribution in [0.4, 0.5) is 0 Å². The van der Waals surface area contributed by atoms with Crippen LogP contribution in [-0.4, -0.2) is 23.3 Å². The van der Waals surface area contributed by atoms with Gasteiger partial charge in [0.1, 0.15) is 0 Å². The lowest BCUT2D eigenvalue weighted by molar-refractivity contribution is -0.186. The van der Waals surface area contributed by atoms with E-state index in [9.17, 15) is 5.11 Å². The molecule has 0 amide bonds. The van der Waals surface area contributed by atoms with Gasteiger partial charge in [-0.25, -0.2) is 0 Å². The number of nitrogens with zero attached hydrogens (tertiary/aromatic N) is 4. The summed E-state index contributed by atoms with van der Waals surface area (Å²) in [6.45, 7) is 0.733. The lowest BCUT2D eigenvalue weighted by atomic mass is 9.97. The van der Waals surface area contributed by atoms with Gasteiger partial charge < -0.3 is 9.84 Å². The summed E-state index contributed by atoms with van der Waals surface area (Å²) in [5.74, 6) is 0. The summed E-state index contributed by atoms with van der Waals surface area (Å²) in [6.07, 6.45) is 0. The average molecular weight is 206 g/mol. The van der Waals surface area contributed by atoms with Crippen molar-refractivity contribution in [3.8, 4) is 0 Å². The molecule has 0 bridgehead atoms. The van der Waals surface area contributed by atoms with Crippen LogP contribution in [0.5, 0.6) is 0 Å². The summed E-state index contributed by atoms with van der Waals surface area (Å²) in [6, 6.07) is 5.27. The Labute approximate surface area is 86.1 Å². The van der Waals surface area contributed by atoms with Crippen molar-refractivity contribution < 1.29 is 9.84 Å². The molecule has 1 aromatic rings. The van der Waals surface area contributed by atoms with Gasteiger partial charge in [-0.3, -0.25) is 4.98 Å². The zero-order valence-electron chi connectivity index (χ0n) is 8.00. The van der Waals surface area contributed by atoms with E-state index in [1.54, 1.807) is 18.2 Å². The van der Waals surface area contributed by atoms with E-state index in [2.05, 4.69) is 15.0 Å². The van der Waals surface area contributed by atoms with Crippen molar-refractivity contribution in [3.63, 3.8) is 0 Å². The summed E-state index contributed by atoms with van der Waals surface area (Å²) in [5, 5.41) is 13.4. The molecule has 1 aliphatic rings. The standard InChI is InChI=1S/C9H10N4O2/c10-13-11-4-7-2-1-3-8(12-7)9(14)5-15-6-9/h1-3,14H,4-6H2. The lowest BCUT2D eigenvalue weighted by Gasteiger charge is -2.35. The summed E-state index contributed by atoms with van der Waals surface area (Å²) >= 11 is 0. The maximum Gasteiger partial charge on any atom is 0.153 e. The number of aromatic nitrogens is 1. The topological polar surface area (TPSA) is 91.1 Å². The van der Waals surface area contributed by atoms with Gasteiger partial charge in [0.25, 0.3) is 0 Å². The Hall–Kier alpha value is -1.62. The number of hydrogen-bond acceptors (Lipinski definition) is 4. The van der Waals surface area contributed by atoms with Crippen LogP contribution in [0.3, 0.4) is 0 Å². The molecule has 1 aromatic heterocycles. The van der Waals surface area contributed by atoms with E-state index < -0.39 is 5.60 Å². The first-order valence-electron chi connectivity index (χ1n) is 4.52. The molecule has 0 radical (unpaired) electrons. The van der Waals surface area contributed by atoms with Gasteiger partial charge in [0.2, 0.25) is 0 Å². The lowest BCUT2D eigenvalue weighted by Crippen LogP contribution is -2.47. The predicted octanol–water partition coefficient (Wildman–Crippen LogP) is 1.11. The fourth-order valence-electron chi connectivity index (χ4n) is 1.37. The normalized spacial score (nSPS) is 17.7. The maximum atomic E-state index is 9.94. The van der Waals surface area contributed by atoms with E-state index in [0.29, 0.717) is 11.4 Å². The van der Waals surface area contributed by atoms with Gasteiger partial charge in [-0.1, -0.05) is 11.2 Å². The van der Waals surface area contributed by atoms with Gasteiger partial charge in [0.15, 0.2) is 5.60 Å². The zero-order valence-corrected chi connectivity index (χ0v) is 8.00. The van der Waals surface area contributed by atoms with Crippen LogP contribution < -0.4 is 0 Å². The Balaban J connectivity index is 2.22. The van der Waals surface area contributed by atoms with E-state index in [0.717, 1.165) is 0 Å². The van der Waals surface area contributed by atoms with E-state index in [1.807, 2.05) is 0 Å². The third-order valence-electron chi connectivity index (χ3n) is 2.26. The van der Waals surface area contributed by atoms with E-state index in [-0.39, 0.29) is 19.8 Å². The summed E-state index contributed by atoms with van der Waals surface area (Å²) in [4.78, 5) is 6.86. The second-order valence-electron chi connectivity index (χ2n) is 3.43. The van der Waals surface area contributed by atoms with Crippen LogP contribution in [-0.2, 0) is 16.9 Å². The maximum absolute atomic E-state index is 9.94. The minimum atomic E-state index is -0.966. The van der Waals surface area contributed by atoms with E-state index >= 15 is 0 Å². The van der Waals surface area contributed by atoms with Crippen molar-refractivity contribution in [3.05, 3.63) is 40.0 Å². The van der Waals surface area contributed by atoms with Crippen molar-refractivity contribution in [1.82, 2.24) is 4.98 Å². The van der Waals surface area contributed by atoms with Gasteiger partial charge in [-0.05, 0) is 17.7 Å². The second kappa shape index (κ2) is 3.86. The van der Waals surface area contributed by atoms with Crippen LogP contribution in [0.2, 0.25) is 0 Å². The Morgan fingerprint density at radius 1 is 1.60 bits per heavy atom. The number of ether oxygens (including phenoxy) is 1. The second-order valence-corrected chi connectivity index (χ2v) is 3.43. The summed E-state index contributed by atoms with van der Waals surface area (Å²) in [7, 11) is 0. The number of azide groups is 1. The molecule has 6 nitrogen and oxygen atoms in total. The molecule has 1 aliphatic heterocycles. The number of pyridine rings is 1. The molecule has 0 unspecified atom stereocenters. The first-order valence-corrected chi connectivity index (χ1v) is 4.52.